The van der Waals surface area contributed by atoms with Crippen LogP contribution in [0.5, 0.6) is 0 Å². The number of rotatable bonds is 3. The van der Waals surface area contributed by atoms with Crippen molar-refractivity contribution in [3.8, 4) is 0 Å². The van der Waals surface area contributed by atoms with Gasteiger partial charge in [-0.1, -0.05) is 30.3 Å². The van der Waals surface area contributed by atoms with Crippen LogP contribution in [-0.2, 0) is 0 Å². The molecule has 0 bridgehead atoms. The number of hydrogen-bond donors (Lipinski definition) is 2. The first-order chi connectivity index (χ1) is 7.75. The summed E-state index contributed by atoms with van der Waals surface area (Å²) < 4.78 is 0. The van der Waals surface area contributed by atoms with Gasteiger partial charge in [-0.2, -0.15) is 0 Å². The van der Waals surface area contributed by atoms with Gasteiger partial charge in [-0.3, -0.25) is 0 Å². The van der Waals surface area contributed by atoms with E-state index in [1.807, 2.05) is 0 Å². The number of benzene rings is 1. The summed E-state index contributed by atoms with van der Waals surface area (Å²) in [5, 5.41) is 3.70. The first-order valence-corrected chi connectivity index (χ1v) is 6.32. The second-order valence-electron chi connectivity index (χ2n) is 4.91. The van der Waals surface area contributed by atoms with Gasteiger partial charge in [0.25, 0.3) is 0 Å². The van der Waals surface area contributed by atoms with Gasteiger partial charge in [-0.25, -0.2) is 0 Å². The maximum absolute atomic E-state index is 5.91. The molecular weight excluding hydrogens is 196 g/mol. The van der Waals surface area contributed by atoms with Crippen molar-refractivity contribution in [2.24, 2.45) is 5.73 Å². The lowest BCUT2D eigenvalue weighted by Gasteiger charge is -2.29. The van der Waals surface area contributed by atoms with Crippen LogP contribution in [0.15, 0.2) is 30.3 Å². The lowest BCUT2D eigenvalue weighted by Crippen LogP contribution is -2.38. The van der Waals surface area contributed by atoms with Gasteiger partial charge < -0.3 is 11.1 Å². The first kappa shape index (κ1) is 11.6. The molecule has 0 aliphatic heterocycles. The molecule has 3 N–H and O–H groups in total. The fraction of sp³-hybridized carbons (Fsp3) is 0.571. The van der Waals surface area contributed by atoms with Crippen LogP contribution in [0.1, 0.15) is 44.2 Å². The summed E-state index contributed by atoms with van der Waals surface area (Å²) in [4.78, 5) is 0. The molecule has 1 aromatic carbocycles. The summed E-state index contributed by atoms with van der Waals surface area (Å²) >= 11 is 0. The molecule has 0 spiro atoms. The topological polar surface area (TPSA) is 38.0 Å². The van der Waals surface area contributed by atoms with E-state index in [2.05, 4.69) is 42.6 Å². The zero-order valence-electron chi connectivity index (χ0n) is 10.0. The molecule has 16 heavy (non-hydrogen) atoms. The fourth-order valence-corrected chi connectivity index (χ4v) is 2.48. The third-order valence-corrected chi connectivity index (χ3v) is 3.56. The molecule has 0 radical (unpaired) electrons. The van der Waals surface area contributed by atoms with Crippen LogP contribution in [-0.4, -0.2) is 12.1 Å². The molecule has 1 aliphatic carbocycles. The van der Waals surface area contributed by atoms with Crippen LogP contribution in [0, 0.1) is 0 Å². The van der Waals surface area contributed by atoms with E-state index in [9.17, 15) is 0 Å². The lowest BCUT2D eigenvalue weighted by atomic mass is 9.91. The molecule has 2 nitrogen and oxygen atoms in total. The predicted molar refractivity (Wildman–Crippen MR) is 68.2 cm³/mol. The monoisotopic (exact) mass is 218 g/mol. The Balaban J connectivity index is 1.86. The molecule has 0 amide bonds. The zero-order valence-corrected chi connectivity index (χ0v) is 10.0. The Morgan fingerprint density at radius 3 is 2.38 bits per heavy atom. The molecule has 2 rings (SSSR count). The number of nitrogens with one attached hydrogen (secondary N) is 1. The maximum atomic E-state index is 5.91. The lowest BCUT2D eigenvalue weighted by molar-refractivity contribution is 0.322. The van der Waals surface area contributed by atoms with Gasteiger partial charge in [0.05, 0.1) is 0 Å². The Bertz CT molecular complexity index is 302. The quantitative estimate of drug-likeness (QED) is 0.818. The Kier molecular flexibility index (Phi) is 3.97. The van der Waals surface area contributed by atoms with Crippen LogP contribution >= 0.6 is 0 Å². The van der Waals surface area contributed by atoms with Crippen LogP contribution in [0.25, 0.3) is 0 Å². The summed E-state index contributed by atoms with van der Waals surface area (Å²) in [5.41, 5.74) is 7.28. The number of hydrogen-bond acceptors (Lipinski definition) is 2. The highest BCUT2D eigenvalue weighted by Gasteiger charge is 2.19. The van der Waals surface area contributed by atoms with E-state index in [-0.39, 0.29) is 0 Å². The summed E-state index contributed by atoms with van der Waals surface area (Å²) in [7, 11) is 0. The minimum absolute atomic E-state index is 0.435. The van der Waals surface area contributed by atoms with Gasteiger partial charge in [0.15, 0.2) is 0 Å². The van der Waals surface area contributed by atoms with Gasteiger partial charge in [0, 0.05) is 18.1 Å². The van der Waals surface area contributed by atoms with Crippen molar-refractivity contribution in [3.63, 3.8) is 0 Å². The predicted octanol–water partition coefficient (Wildman–Crippen LogP) is 2.61. The van der Waals surface area contributed by atoms with Crippen molar-refractivity contribution < 1.29 is 0 Å². The van der Waals surface area contributed by atoms with Gasteiger partial charge in [0.1, 0.15) is 0 Å². The molecule has 0 unspecified atom stereocenters. The van der Waals surface area contributed by atoms with Crippen LogP contribution in [0.3, 0.4) is 0 Å². The van der Waals surface area contributed by atoms with Gasteiger partial charge >= 0.3 is 0 Å². The molecule has 0 saturated heterocycles. The van der Waals surface area contributed by atoms with Crippen molar-refractivity contribution in [3.05, 3.63) is 35.9 Å². The molecule has 1 aliphatic rings. The average molecular weight is 218 g/mol. The summed E-state index contributed by atoms with van der Waals surface area (Å²) in [6.07, 6.45) is 4.77. The molecule has 1 atom stereocenters. The zero-order chi connectivity index (χ0) is 11.4. The van der Waals surface area contributed by atoms with E-state index in [0.29, 0.717) is 18.1 Å². The van der Waals surface area contributed by atoms with Crippen LogP contribution in [0.2, 0.25) is 0 Å². The molecule has 1 saturated carbocycles. The van der Waals surface area contributed by atoms with E-state index in [1.54, 1.807) is 0 Å². The van der Waals surface area contributed by atoms with E-state index in [0.717, 1.165) is 0 Å². The Morgan fingerprint density at radius 1 is 1.12 bits per heavy atom. The van der Waals surface area contributed by atoms with Crippen molar-refractivity contribution in [1.29, 1.82) is 0 Å². The molecule has 1 aromatic rings. The SMILES string of the molecule is C[C@@H](NC1CCC(N)CC1)c1ccccc1. The second kappa shape index (κ2) is 5.46. The van der Waals surface area contributed by atoms with Crippen molar-refractivity contribution >= 4 is 0 Å². The van der Waals surface area contributed by atoms with Crippen LogP contribution in [0.4, 0.5) is 0 Å². The maximum Gasteiger partial charge on any atom is 0.0294 e. The largest absolute Gasteiger partial charge is 0.328 e. The third kappa shape index (κ3) is 3.06. The highest BCUT2D eigenvalue weighted by atomic mass is 14.9. The Morgan fingerprint density at radius 2 is 1.75 bits per heavy atom. The van der Waals surface area contributed by atoms with E-state index in [1.165, 1.54) is 31.2 Å². The van der Waals surface area contributed by atoms with Crippen molar-refractivity contribution in [2.75, 3.05) is 0 Å². The van der Waals surface area contributed by atoms with E-state index in [4.69, 9.17) is 5.73 Å². The molecule has 88 valence electrons. The Labute approximate surface area is 98.2 Å². The van der Waals surface area contributed by atoms with E-state index < -0.39 is 0 Å². The molecule has 0 heterocycles. The first-order valence-electron chi connectivity index (χ1n) is 6.32. The van der Waals surface area contributed by atoms with Gasteiger partial charge in [-0.05, 0) is 38.2 Å². The van der Waals surface area contributed by atoms with Crippen molar-refractivity contribution in [2.45, 2.75) is 50.7 Å². The molecule has 1 fully saturated rings. The third-order valence-electron chi connectivity index (χ3n) is 3.56. The minimum Gasteiger partial charge on any atom is -0.328 e. The van der Waals surface area contributed by atoms with Crippen LogP contribution < -0.4 is 11.1 Å². The highest BCUT2D eigenvalue weighted by molar-refractivity contribution is 5.18. The summed E-state index contributed by atoms with van der Waals surface area (Å²) in [6, 6.07) is 12.2. The summed E-state index contributed by atoms with van der Waals surface area (Å²) in [5.74, 6) is 0. The van der Waals surface area contributed by atoms with E-state index >= 15 is 0 Å². The van der Waals surface area contributed by atoms with Gasteiger partial charge in [0.2, 0.25) is 0 Å². The standard InChI is InChI=1S/C14H22N2/c1-11(12-5-3-2-4-6-12)16-14-9-7-13(15)8-10-14/h2-6,11,13-14,16H,7-10,15H2,1H3/t11-,13?,14?/m1/s1. The molecule has 2 heteroatoms. The van der Waals surface area contributed by atoms with Crippen molar-refractivity contribution in [1.82, 2.24) is 5.32 Å². The average Bonchev–Trinajstić information content (AvgIpc) is 2.33. The van der Waals surface area contributed by atoms with Gasteiger partial charge in [-0.15, -0.1) is 0 Å². The smallest absolute Gasteiger partial charge is 0.0294 e. The number of nitrogens with two attached hydrogens (primary N) is 1. The second-order valence-corrected chi connectivity index (χ2v) is 4.91. The minimum atomic E-state index is 0.435. The normalized spacial score (nSPS) is 27.6. The fourth-order valence-electron chi connectivity index (χ4n) is 2.48. The highest BCUT2D eigenvalue weighted by Crippen LogP contribution is 2.20. The summed E-state index contributed by atoms with van der Waals surface area (Å²) in [6.45, 7) is 2.24. The molecule has 0 aromatic heterocycles. The Hall–Kier alpha value is -0.860. The molecular formula is C14H22N2.